The molecule has 3 saturated heterocycles. The summed E-state index contributed by atoms with van der Waals surface area (Å²) in [6.07, 6.45) is -8.94. The number of aliphatic hydroxyl groups is 1. The fraction of sp³-hybridized carbons (Fsp3) is 0.610. The van der Waals surface area contributed by atoms with Crippen LogP contribution in [0.15, 0.2) is 50.2 Å². The van der Waals surface area contributed by atoms with Crippen LogP contribution < -0.4 is 33.5 Å². The van der Waals surface area contributed by atoms with Crippen LogP contribution >= 0.6 is 0 Å². The van der Waals surface area contributed by atoms with Crippen molar-refractivity contribution >= 4 is 40.8 Å². The number of esters is 2. The number of nitrogens with zero attached hydrogens (tertiary/aromatic N) is 5. The summed E-state index contributed by atoms with van der Waals surface area (Å²) in [5, 5.41) is 13.9. The molecule has 0 aromatic carbocycles. The average molecular weight is 1260 g/mol. The van der Waals surface area contributed by atoms with E-state index >= 15 is 0 Å². The SMILES string of the molecule is COC1OC2COC3OC4COC5OC(CO)C(OC)C(OC(=O)CCC#Cc6cn(c7ncnc(N)c67)CCC(Cn6cc(c(=O)[nH]c6=O)C#CCCC(=O)OC(C4OC)C3OC)C(C)Cn3cc(c(=O)[nH]c3=O)C=CC(=O)NC1C(OC)C2OC)C5OC. The lowest BCUT2D eigenvalue weighted by molar-refractivity contribution is -0.345. The Balaban J connectivity index is 1.17. The molecular formula is C59H75N9O22. The van der Waals surface area contributed by atoms with Crippen molar-refractivity contribution in [1.29, 1.82) is 0 Å². The summed E-state index contributed by atoms with van der Waals surface area (Å²) in [7, 11) is 9.53. The molecule has 3 fully saturated rings. The van der Waals surface area contributed by atoms with E-state index in [-0.39, 0.29) is 75.3 Å². The zero-order valence-electron chi connectivity index (χ0n) is 50.9. The van der Waals surface area contributed by atoms with E-state index in [1.54, 1.807) is 10.8 Å². The number of nitrogens with two attached hydrogens (primary N) is 1. The van der Waals surface area contributed by atoms with Gasteiger partial charge < -0.3 is 87.0 Å². The lowest BCUT2D eigenvalue weighted by Crippen LogP contribution is -2.66. The summed E-state index contributed by atoms with van der Waals surface area (Å²) in [5.41, 5.74) is 4.05. The lowest BCUT2D eigenvalue weighted by Gasteiger charge is -2.47. The second kappa shape index (κ2) is 30.6. The predicted molar refractivity (Wildman–Crippen MR) is 312 cm³/mol. The first-order valence-electron chi connectivity index (χ1n) is 29.1. The van der Waals surface area contributed by atoms with Crippen LogP contribution in [0.4, 0.5) is 5.82 Å². The number of aromatic nitrogens is 7. The minimum Gasteiger partial charge on any atom is -0.456 e. The molecule has 4 aromatic heterocycles. The second-order valence-corrected chi connectivity index (χ2v) is 22.0. The van der Waals surface area contributed by atoms with Gasteiger partial charge in [-0.25, -0.2) is 19.6 Å². The van der Waals surface area contributed by atoms with Gasteiger partial charge in [0.25, 0.3) is 11.1 Å². The number of amides is 1. The van der Waals surface area contributed by atoms with Gasteiger partial charge in [0.15, 0.2) is 31.1 Å². The quantitative estimate of drug-likeness (QED) is 0.0970. The number of anilines is 1. The highest BCUT2D eigenvalue weighted by Crippen LogP contribution is 2.35. The van der Waals surface area contributed by atoms with E-state index < -0.39 is 157 Å². The maximum absolute atomic E-state index is 14.1. The fourth-order valence-corrected chi connectivity index (χ4v) is 11.9. The third-order valence-corrected chi connectivity index (χ3v) is 16.5. The second-order valence-electron chi connectivity index (χ2n) is 22.0. The summed E-state index contributed by atoms with van der Waals surface area (Å²) in [6, 6.07) is -1.05. The van der Waals surface area contributed by atoms with E-state index in [0.717, 1.165) is 6.08 Å². The molecule has 31 heteroatoms. The lowest BCUT2D eigenvalue weighted by atomic mass is 9.90. The van der Waals surface area contributed by atoms with E-state index in [1.807, 2.05) is 6.92 Å². The number of aromatic amines is 2. The molecule has 6 N–H and O–H groups in total. The van der Waals surface area contributed by atoms with Crippen molar-refractivity contribution in [3.63, 3.8) is 0 Å². The summed E-state index contributed by atoms with van der Waals surface area (Å²) >= 11 is 0. The summed E-state index contributed by atoms with van der Waals surface area (Å²) in [4.78, 5) is 109. The number of carbonyl (C=O) groups excluding carboxylic acids is 3. The number of hydrogen-bond acceptors (Lipinski definition) is 25. The number of aryl methyl sites for hydroxylation is 1. The molecule has 0 aliphatic carbocycles. The molecule has 6 aliphatic rings. The van der Waals surface area contributed by atoms with Crippen LogP contribution in [-0.4, -0.2) is 218 Å². The molecule has 0 radical (unpaired) electrons. The Kier molecular flexibility index (Phi) is 22.7. The average Bonchev–Trinajstić information content (AvgIpc) is 1.13. The number of rotatable bonds is 8. The number of hydrogen-bond donors (Lipinski definition) is 5. The first-order valence-corrected chi connectivity index (χ1v) is 29.1. The van der Waals surface area contributed by atoms with Gasteiger partial charge in [-0.05, 0) is 24.3 Å². The molecule has 17 unspecified atom stereocenters. The minimum absolute atomic E-state index is 0.00993. The predicted octanol–water partition coefficient (Wildman–Crippen LogP) is -1.69. The number of nitrogen functional groups attached to an aromatic ring is 1. The Hall–Kier alpha value is -7.47. The van der Waals surface area contributed by atoms with Gasteiger partial charge in [0, 0.05) is 107 Å². The van der Waals surface area contributed by atoms with Crippen LogP contribution in [0, 0.1) is 35.5 Å². The zero-order chi connectivity index (χ0) is 64.3. The number of methoxy groups -OCH3 is 7. The molecule has 6 aliphatic heterocycles. The topological polar surface area (TPSA) is 379 Å². The molecule has 17 atom stereocenters. The van der Waals surface area contributed by atoms with E-state index in [4.69, 9.17) is 72.0 Å². The van der Waals surface area contributed by atoms with Gasteiger partial charge in [-0.15, -0.1) is 0 Å². The monoisotopic (exact) mass is 1260 g/mol. The first kappa shape index (κ1) is 66.9. The van der Waals surface area contributed by atoms with Crippen LogP contribution in [0.3, 0.4) is 0 Å². The molecule has 488 valence electrons. The van der Waals surface area contributed by atoms with Crippen LogP contribution in [0.5, 0.6) is 0 Å². The van der Waals surface area contributed by atoms with E-state index in [2.05, 4.69) is 48.9 Å². The van der Waals surface area contributed by atoms with Gasteiger partial charge in [0.2, 0.25) is 5.91 Å². The molecule has 14 bridgehead atoms. The molecule has 0 saturated carbocycles. The number of H-pyrrole nitrogens is 2. The molecule has 10 rings (SSSR count). The molecule has 4 aromatic rings. The largest absolute Gasteiger partial charge is 0.456 e. The summed E-state index contributed by atoms with van der Waals surface area (Å²) in [5.74, 6) is 8.70. The maximum atomic E-state index is 14.1. The molecule has 31 nitrogen and oxygen atoms in total. The van der Waals surface area contributed by atoms with Gasteiger partial charge in [-0.1, -0.05) is 30.6 Å². The standard InChI is InChI=1S/C59H75N9O22/c1-30-21-67-25-34(54(74)65-58(67)75)17-18-38(70)63-42-46(80-5)44(78-3)36(87-55(42)83-8)27-85-57-50(82-7)48-45(79-4)37(88-57)28-84-56-49(81-6)47(43(77-2)35(26-69)86-56)89-39(71)15-11-9-13-32-23-66(52-41(32)51(60)61-29-62-52)20-19-31(30)22-68-24-33(53(73)64-59(68)76)14-10-12-16-40(72)90-48/h17-18,23-25,29-31,35-37,42-50,55-57,69H,11-12,15-16,19-22,26-28H2,1-8H3,(H,63,70)(H2,60,61,62)(H,64,73,76)(H,65,74,75). The van der Waals surface area contributed by atoms with Crippen molar-refractivity contribution in [1.82, 2.24) is 39.0 Å². The van der Waals surface area contributed by atoms with Crippen molar-refractivity contribution in [2.24, 2.45) is 11.8 Å². The van der Waals surface area contributed by atoms with Crippen LogP contribution in [0.1, 0.15) is 55.7 Å². The molecule has 10 heterocycles. The van der Waals surface area contributed by atoms with Gasteiger partial charge in [0.05, 0.1) is 49.2 Å². The smallest absolute Gasteiger partial charge is 0.328 e. The highest BCUT2D eigenvalue weighted by molar-refractivity contribution is 5.92. The Morgan fingerprint density at radius 2 is 1.22 bits per heavy atom. The van der Waals surface area contributed by atoms with E-state index in [0.29, 0.717) is 16.6 Å². The molecule has 1 amide bonds. The number of nitrogens with one attached hydrogen (secondary N) is 3. The highest BCUT2D eigenvalue weighted by atomic mass is 16.8. The van der Waals surface area contributed by atoms with Gasteiger partial charge in [-0.3, -0.25) is 43.1 Å². The molecule has 0 spiro atoms. The summed E-state index contributed by atoms with van der Waals surface area (Å²) in [6.45, 7) is 0.625. The van der Waals surface area contributed by atoms with Crippen molar-refractivity contribution in [2.75, 3.05) is 75.3 Å². The van der Waals surface area contributed by atoms with Crippen molar-refractivity contribution < 1.29 is 85.8 Å². The molecule has 90 heavy (non-hydrogen) atoms. The summed E-state index contributed by atoms with van der Waals surface area (Å²) < 4.78 is 90.1. The van der Waals surface area contributed by atoms with Crippen molar-refractivity contribution in [3.8, 4) is 23.7 Å². The Morgan fingerprint density at radius 3 is 1.84 bits per heavy atom. The fourth-order valence-electron chi connectivity index (χ4n) is 11.9. The Bertz CT molecular complexity index is 3600. The molecular weight excluding hydrogens is 1190 g/mol. The Labute approximate surface area is 514 Å². The van der Waals surface area contributed by atoms with Gasteiger partial charge in [0.1, 0.15) is 84.3 Å². The Morgan fingerprint density at radius 1 is 0.644 bits per heavy atom. The number of ether oxygens (including phenoxy) is 14. The number of fused-ring (bicyclic) bond motifs is 14. The van der Waals surface area contributed by atoms with Crippen molar-refractivity contribution in [2.45, 2.75) is 151 Å². The number of carbonyl (C=O) groups is 3. The highest BCUT2D eigenvalue weighted by Gasteiger charge is 2.54. The first-order chi connectivity index (χ1) is 43.4. The van der Waals surface area contributed by atoms with Crippen LogP contribution in [0.25, 0.3) is 17.1 Å². The van der Waals surface area contributed by atoms with Gasteiger partial charge in [-0.2, -0.15) is 0 Å². The minimum atomic E-state index is -1.42. The van der Waals surface area contributed by atoms with E-state index in [9.17, 15) is 38.7 Å². The van der Waals surface area contributed by atoms with Gasteiger partial charge >= 0.3 is 23.3 Å². The third-order valence-electron chi connectivity index (χ3n) is 16.5. The number of aliphatic hydroxyl groups excluding tert-OH is 1. The zero-order valence-corrected chi connectivity index (χ0v) is 50.9. The third kappa shape index (κ3) is 15.0. The van der Waals surface area contributed by atoms with Crippen LogP contribution in [-0.2, 0) is 100 Å². The van der Waals surface area contributed by atoms with Crippen LogP contribution in [0.2, 0.25) is 0 Å². The van der Waals surface area contributed by atoms with Crippen molar-refractivity contribution in [3.05, 3.63) is 89.4 Å². The maximum Gasteiger partial charge on any atom is 0.328 e. The normalized spacial score (nSPS) is 31.7. The van der Waals surface area contributed by atoms with E-state index in [1.165, 1.54) is 83.7 Å².